The molecule has 2 aromatic carbocycles. The second-order valence-corrected chi connectivity index (χ2v) is 4.48. The lowest BCUT2D eigenvalue weighted by Gasteiger charge is -2.08. The van der Waals surface area contributed by atoms with E-state index in [9.17, 15) is 22.8 Å². The molecular weight excluding hydrogens is 311 g/mol. The van der Waals surface area contributed by atoms with Crippen molar-refractivity contribution in [2.45, 2.75) is 6.92 Å². The van der Waals surface area contributed by atoms with Gasteiger partial charge in [0, 0.05) is 5.69 Å². The van der Waals surface area contributed by atoms with E-state index in [0.717, 1.165) is 6.07 Å². The second-order valence-electron chi connectivity index (χ2n) is 4.48. The second kappa shape index (κ2) is 6.95. The summed E-state index contributed by atoms with van der Waals surface area (Å²) in [5, 5.41) is 2.31. The fourth-order valence-corrected chi connectivity index (χ4v) is 1.84. The average molecular weight is 323 g/mol. The quantitative estimate of drug-likeness (QED) is 0.692. The minimum absolute atomic E-state index is 0.185. The molecule has 0 unspecified atom stereocenters. The Labute approximate surface area is 129 Å². The number of rotatable bonds is 4. The third kappa shape index (κ3) is 3.68. The van der Waals surface area contributed by atoms with Crippen molar-refractivity contribution in [3.63, 3.8) is 0 Å². The highest BCUT2D eigenvalue weighted by atomic mass is 19.2. The summed E-state index contributed by atoms with van der Waals surface area (Å²) in [5.74, 6) is -6.24. The number of hydrogen-bond acceptors (Lipinski definition) is 3. The van der Waals surface area contributed by atoms with Crippen LogP contribution >= 0.6 is 0 Å². The predicted octanol–water partition coefficient (Wildman–Crippen LogP) is 3.53. The van der Waals surface area contributed by atoms with Crippen LogP contribution in [0.1, 0.15) is 27.6 Å². The summed E-state index contributed by atoms with van der Waals surface area (Å²) in [7, 11) is 0. The number of anilines is 1. The number of ether oxygens (including phenoxy) is 1. The highest BCUT2D eigenvalue weighted by molar-refractivity contribution is 6.05. The molecule has 0 radical (unpaired) electrons. The van der Waals surface area contributed by atoms with E-state index >= 15 is 0 Å². The van der Waals surface area contributed by atoms with Gasteiger partial charge in [-0.05, 0) is 37.3 Å². The Morgan fingerprint density at radius 1 is 1.09 bits per heavy atom. The molecule has 0 aliphatic carbocycles. The molecule has 0 aliphatic rings. The Hall–Kier alpha value is -2.83. The van der Waals surface area contributed by atoms with Crippen LogP contribution in [0.3, 0.4) is 0 Å². The maximum Gasteiger partial charge on any atom is 0.338 e. The van der Waals surface area contributed by atoms with Crippen molar-refractivity contribution < 1.29 is 27.5 Å². The van der Waals surface area contributed by atoms with E-state index in [0.29, 0.717) is 6.07 Å². The first-order valence-corrected chi connectivity index (χ1v) is 6.66. The van der Waals surface area contributed by atoms with Crippen LogP contribution in [0.2, 0.25) is 0 Å². The number of halogens is 3. The molecule has 0 heterocycles. The van der Waals surface area contributed by atoms with Crippen LogP contribution in [0.15, 0.2) is 36.4 Å². The molecule has 1 N–H and O–H groups in total. The maximum absolute atomic E-state index is 13.6. The van der Waals surface area contributed by atoms with Crippen molar-refractivity contribution in [3.8, 4) is 0 Å². The van der Waals surface area contributed by atoms with Gasteiger partial charge in [-0.1, -0.05) is 6.07 Å². The Kier molecular flexibility index (Phi) is 5.00. The number of nitrogens with one attached hydrogen (secondary N) is 1. The normalized spacial score (nSPS) is 10.3. The molecule has 23 heavy (non-hydrogen) atoms. The van der Waals surface area contributed by atoms with Gasteiger partial charge in [-0.25, -0.2) is 18.0 Å². The molecule has 0 spiro atoms. The molecule has 0 aliphatic heterocycles. The van der Waals surface area contributed by atoms with Gasteiger partial charge >= 0.3 is 5.97 Å². The fraction of sp³-hybridized carbons (Fsp3) is 0.125. The molecule has 0 saturated carbocycles. The smallest absolute Gasteiger partial charge is 0.338 e. The minimum atomic E-state index is -1.72. The summed E-state index contributed by atoms with van der Waals surface area (Å²) in [6, 6.07) is 7.24. The molecule has 2 aromatic rings. The summed E-state index contributed by atoms with van der Waals surface area (Å²) in [4.78, 5) is 23.6. The van der Waals surface area contributed by atoms with E-state index in [1.165, 1.54) is 24.3 Å². The summed E-state index contributed by atoms with van der Waals surface area (Å²) in [6.07, 6.45) is 0. The van der Waals surface area contributed by atoms with Crippen molar-refractivity contribution in [1.29, 1.82) is 0 Å². The van der Waals surface area contributed by atoms with Crippen LogP contribution in [0.5, 0.6) is 0 Å². The first-order valence-electron chi connectivity index (χ1n) is 6.66. The summed E-state index contributed by atoms with van der Waals surface area (Å²) in [6.45, 7) is 1.84. The third-order valence-corrected chi connectivity index (χ3v) is 2.91. The monoisotopic (exact) mass is 323 g/mol. The van der Waals surface area contributed by atoms with Gasteiger partial charge in [0.1, 0.15) is 0 Å². The van der Waals surface area contributed by atoms with E-state index in [-0.39, 0.29) is 17.9 Å². The lowest BCUT2D eigenvalue weighted by atomic mass is 10.1. The molecule has 7 heteroatoms. The van der Waals surface area contributed by atoms with Gasteiger partial charge in [0.15, 0.2) is 17.5 Å². The van der Waals surface area contributed by atoms with Crippen molar-refractivity contribution in [3.05, 3.63) is 65.0 Å². The van der Waals surface area contributed by atoms with Gasteiger partial charge in [0.2, 0.25) is 0 Å². The molecule has 0 fully saturated rings. The number of carbonyl (C=O) groups excluding carboxylic acids is 2. The highest BCUT2D eigenvalue weighted by Gasteiger charge is 2.19. The molecule has 1 amide bonds. The van der Waals surface area contributed by atoms with Crippen molar-refractivity contribution >= 4 is 17.6 Å². The summed E-state index contributed by atoms with van der Waals surface area (Å²) >= 11 is 0. The van der Waals surface area contributed by atoms with Crippen molar-refractivity contribution in [2.24, 2.45) is 0 Å². The Bertz CT molecular complexity index is 762. The first kappa shape index (κ1) is 16.5. The van der Waals surface area contributed by atoms with Crippen LogP contribution in [0.25, 0.3) is 0 Å². The molecule has 0 bridgehead atoms. The molecule has 0 atom stereocenters. The van der Waals surface area contributed by atoms with Gasteiger partial charge in [-0.15, -0.1) is 0 Å². The summed E-state index contributed by atoms with van der Waals surface area (Å²) in [5.41, 5.74) is -0.273. The molecule has 120 valence electrons. The van der Waals surface area contributed by atoms with E-state index in [1.54, 1.807) is 6.92 Å². The van der Waals surface area contributed by atoms with Crippen LogP contribution in [0, 0.1) is 17.5 Å². The third-order valence-electron chi connectivity index (χ3n) is 2.91. The van der Waals surface area contributed by atoms with E-state index in [4.69, 9.17) is 4.74 Å². The predicted molar refractivity (Wildman–Crippen MR) is 76.7 cm³/mol. The molecular formula is C16H12F3NO3. The van der Waals surface area contributed by atoms with Gasteiger partial charge in [0.25, 0.3) is 5.91 Å². The zero-order valence-corrected chi connectivity index (χ0v) is 12.0. The number of esters is 1. The molecule has 0 aromatic heterocycles. The van der Waals surface area contributed by atoms with E-state index in [2.05, 4.69) is 5.32 Å². The Morgan fingerprint density at radius 3 is 2.52 bits per heavy atom. The Balaban J connectivity index is 2.23. The lowest BCUT2D eigenvalue weighted by molar-refractivity contribution is 0.0526. The van der Waals surface area contributed by atoms with Gasteiger partial charge < -0.3 is 10.1 Å². The number of amides is 1. The Morgan fingerprint density at radius 2 is 1.83 bits per heavy atom. The van der Waals surface area contributed by atoms with Gasteiger partial charge in [0.05, 0.1) is 17.7 Å². The van der Waals surface area contributed by atoms with Crippen molar-refractivity contribution in [1.82, 2.24) is 0 Å². The standard InChI is InChI=1S/C16H12F3NO3/c1-2-23-16(22)9-4-3-5-10(8-9)20-15(21)11-6-7-12(17)14(19)13(11)18/h3-8H,2H2,1H3,(H,20,21). The zero-order chi connectivity index (χ0) is 17.0. The van der Waals surface area contributed by atoms with Gasteiger partial charge in [-0.3, -0.25) is 4.79 Å². The fourth-order valence-electron chi connectivity index (χ4n) is 1.84. The molecule has 4 nitrogen and oxygen atoms in total. The topological polar surface area (TPSA) is 55.4 Å². The van der Waals surface area contributed by atoms with Crippen molar-refractivity contribution in [2.75, 3.05) is 11.9 Å². The van der Waals surface area contributed by atoms with E-state index < -0.39 is 34.9 Å². The molecule has 0 saturated heterocycles. The van der Waals surface area contributed by atoms with Crippen LogP contribution in [0.4, 0.5) is 18.9 Å². The summed E-state index contributed by atoms with van der Waals surface area (Å²) < 4.78 is 44.4. The molecule has 2 rings (SSSR count). The zero-order valence-electron chi connectivity index (χ0n) is 12.0. The van der Waals surface area contributed by atoms with Crippen LogP contribution in [-0.2, 0) is 4.74 Å². The number of hydrogen-bond donors (Lipinski definition) is 1. The van der Waals surface area contributed by atoms with Gasteiger partial charge in [-0.2, -0.15) is 0 Å². The maximum atomic E-state index is 13.6. The van der Waals surface area contributed by atoms with Crippen LogP contribution in [-0.4, -0.2) is 18.5 Å². The van der Waals surface area contributed by atoms with E-state index in [1.807, 2.05) is 0 Å². The SMILES string of the molecule is CCOC(=O)c1cccc(NC(=O)c2ccc(F)c(F)c2F)c1. The number of carbonyl (C=O) groups is 2. The highest BCUT2D eigenvalue weighted by Crippen LogP contribution is 2.18. The first-order chi connectivity index (χ1) is 10.9. The van der Waals surface area contributed by atoms with Crippen LogP contribution < -0.4 is 5.32 Å². The minimum Gasteiger partial charge on any atom is -0.462 e. The number of benzene rings is 2. The largest absolute Gasteiger partial charge is 0.462 e. The lowest BCUT2D eigenvalue weighted by Crippen LogP contribution is -2.15. The average Bonchev–Trinajstić information content (AvgIpc) is 2.53.